The summed E-state index contributed by atoms with van der Waals surface area (Å²) in [5, 5.41) is 12.0. The van der Waals surface area contributed by atoms with Gasteiger partial charge in [0.15, 0.2) is 0 Å². The molecule has 4 heteroatoms. The third kappa shape index (κ3) is 4.00. The van der Waals surface area contributed by atoms with Crippen LogP contribution in [0.25, 0.3) is 0 Å². The fraction of sp³-hybridized carbons (Fsp3) is 0.467. The molecule has 2 rings (SSSR count). The molecule has 1 aliphatic carbocycles. The van der Waals surface area contributed by atoms with Crippen molar-refractivity contribution in [1.82, 2.24) is 5.32 Å². The van der Waals surface area contributed by atoms with E-state index >= 15 is 0 Å². The van der Waals surface area contributed by atoms with Crippen LogP contribution in [0.1, 0.15) is 25.3 Å². The standard InChI is InChI=1S/C15H18N2OS/c1-15(11-16,13-7-8-13)17-14(18)10-19-9-12-5-3-2-4-6-12/h2-6,13H,7-10H2,1H3,(H,17,18). The van der Waals surface area contributed by atoms with Crippen LogP contribution in [0, 0.1) is 17.2 Å². The van der Waals surface area contributed by atoms with Gasteiger partial charge in [-0.25, -0.2) is 0 Å². The lowest BCUT2D eigenvalue weighted by molar-refractivity contribution is -0.119. The zero-order valence-corrected chi connectivity index (χ0v) is 11.9. The molecule has 1 unspecified atom stereocenters. The molecule has 0 saturated heterocycles. The van der Waals surface area contributed by atoms with E-state index in [1.165, 1.54) is 5.56 Å². The van der Waals surface area contributed by atoms with Crippen LogP contribution >= 0.6 is 11.8 Å². The number of nitrogens with zero attached hydrogens (tertiary/aromatic N) is 1. The highest BCUT2D eigenvalue weighted by Crippen LogP contribution is 2.39. The first-order valence-corrected chi connectivity index (χ1v) is 7.63. The van der Waals surface area contributed by atoms with Crippen molar-refractivity contribution < 1.29 is 4.79 Å². The van der Waals surface area contributed by atoms with Crippen molar-refractivity contribution in [3.05, 3.63) is 35.9 Å². The van der Waals surface area contributed by atoms with Gasteiger partial charge in [-0.3, -0.25) is 4.79 Å². The maximum absolute atomic E-state index is 11.9. The lowest BCUT2D eigenvalue weighted by Crippen LogP contribution is -2.47. The van der Waals surface area contributed by atoms with E-state index in [2.05, 4.69) is 23.5 Å². The number of amides is 1. The SMILES string of the molecule is CC(C#N)(NC(=O)CSCc1ccccc1)C1CC1. The predicted molar refractivity (Wildman–Crippen MR) is 77.5 cm³/mol. The molecule has 1 saturated carbocycles. The van der Waals surface area contributed by atoms with Gasteiger partial charge in [0.25, 0.3) is 0 Å². The summed E-state index contributed by atoms with van der Waals surface area (Å²) in [5.41, 5.74) is 0.537. The molecule has 0 radical (unpaired) electrons. The minimum Gasteiger partial charge on any atom is -0.337 e. The van der Waals surface area contributed by atoms with Crippen LogP contribution in [-0.4, -0.2) is 17.2 Å². The van der Waals surface area contributed by atoms with E-state index in [-0.39, 0.29) is 5.91 Å². The van der Waals surface area contributed by atoms with E-state index in [0.29, 0.717) is 11.7 Å². The fourth-order valence-electron chi connectivity index (χ4n) is 2.04. The summed E-state index contributed by atoms with van der Waals surface area (Å²) in [5.74, 6) is 1.51. The molecular weight excluding hydrogens is 256 g/mol. The second kappa shape index (κ2) is 6.12. The first-order chi connectivity index (χ1) is 9.14. The van der Waals surface area contributed by atoms with Crippen LogP contribution in [0.3, 0.4) is 0 Å². The molecule has 1 amide bonds. The van der Waals surface area contributed by atoms with Crippen molar-refractivity contribution in [3.8, 4) is 6.07 Å². The monoisotopic (exact) mass is 274 g/mol. The molecule has 1 fully saturated rings. The predicted octanol–water partition coefficient (Wildman–Crippen LogP) is 2.73. The molecular formula is C15H18N2OS. The molecule has 0 bridgehead atoms. The summed E-state index contributed by atoms with van der Waals surface area (Å²) in [6.07, 6.45) is 2.09. The number of hydrogen-bond acceptors (Lipinski definition) is 3. The molecule has 1 atom stereocenters. The van der Waals surface area contributed by atoms with Crippen molar-refractivity contribution in [1.29, 1.82) is 5.26 Å². The third-order valence-electron chi connectivity index (χ3n) is 3.37. The van der Waals surface area contributed by atoms with Crippen molar-refractivity contribution in [2.75, 3.05) is 5.75 Å². The molecule has 1 N–H and O–H groups in total. The van der Waals surface area contributed by atoms with Gasteiger partial charge in [-0.2, -0.15) is 5.26 Å². The average Bonchev–Trinajstić information content (AvgIpc) is 3.24. The maximum Gasteiger partial charge on any atom is 0.231 e. The summed E-state index contributed by atoms with van der Waals surface area (Å²) in [7, 11) is 0. The number of nitriles is 1. The molecule has 1 aliphatic rings. The Morgan fingerprint density at radius 3 is 2.74 bits per heavy atom. The molecule has 0 aliphatic heterocycles. The number of rotatable bonds is 6. The van der Waals surface area contributed by atoms with E-state index < -0.39 is 5.54 Å². The Balaban J connectivity index is 1.74. The minimum absolute atomic E-state index is 0.0446. The fourth-order valence-corrected chi connectivity index (χ4v) is 2.83. The number of benzene rings is 1. The number of carbonyl (C=O) groups is 1. The van der Waals surface area contributed by atoms with Gasteiger partial charge in [-0.05, 0) is 31.2 Å². The highest BCUT2D eigenvalue weighted by molar-refractivity contribution is 7.99. The third-order valence-corrected chi connectivity index (χ3v) is 4.37. The second-order valence-corrected chi connectivity index (χ2v) is 6.10. The molecule has 19 heavy (non-hydrogen) atoms. The van der Waals surface area contributed by atoms with E-state index in [4.69, 9.17) is 0 Å². The van der Waals surface area contributed by atoms with Gasteiger partial charge in [-0.15, -0.1) is 11.8 Å². The Kier molecular flexibility index (Phi) is 4.49. The lowest BCUT2D eigenvalue weighted by Gasteiger charge is -2.22. The van der Waals surface area contributed by atoms with Gasteiger partial charge >= 0.3 is 0 Å². The maximum atomic E-state index is 11.9. The smallest absolute Gasteiger partial charge is 0.231 e. The van der Waals surface area contributed by atoms with Crippen molar-refractivity contribution in [2.24, 2.45) is 5.92 Å². The molecule has 0 aromatic heterocycles. The van der Waals surface area contributed by atoms with Gasteiger partial charge < -0.3 is 5.32 Å². The molecule has 100 valence electrons. The van der Waals surface area contributed by atoms with Gasteiger partial charge in [0.05, 0.1) is 11.8 Å². The number of nitrogens with one attached hydrogen (secondary N) is 1. The van der Waals surface area contributed by atoms with Crippen molar-refractivity contribution in [2.45, 2.75) is 31.1 Å². The largest absolute Gasteiger partial charge is 0.337 e. The quantitative estimate of drug-likeness (QED) is 0.867. The van der Waals surface area contributed by atoms with E-state index in [9.17, 15) is 10.1 Å². The van der Waals surface area contributed by atoms with Crippen LogP contribution in [0.5, 0.6) is 0 Å². The van der Waals surface area contributed by atoms with Crippen LogP contribution in [0.4, 0.5) is 0 Å². The van der Waals surface area contributed by atoms with Crippen molar-refractivity contribution in [3.63, 3.8) is 0 Å². The Morgan fingerprint density at radius 1 is 1.47 bits per heavy atom. The minimum atomic E-state index is -0.676. The summed E-state index contributed by atoms with van der Waals surface area (Å²) in [4.78, 5) is 11.9. The molecule has 1 aromatic rings. The Hall–Kier alpha value is -1.47. The van der Waals surface area contributed by atoms with E-state index in [1.54, 1.807) is 11.8 Å². The first kappa shape index (κ1) is 14.0. The van der Waals surface area contributed by atoms with Crippen LogP contribution in [0.2, 0.25) is 0 Å². The Labute approximate surface area is 118 Å². The number of thioether (sulfide) groups is 1. The summed E-state index contributed by atoms with van der Waals surface area (Å²) < 4.78 is 0. The van der Waals surface area contributed by atoms with Crippen LogP contribution < -0.4 is 5.32 Å². The van der Waals surface area contributed by atoms with Crippen LogP contribution in [0.15, 0.2) is 30.3 Å². The zero-order chi connectivity index (χ0) is 13.7. The van der Waals surface area contributed by atoms with Gasteiger partial charge in [0, 0.05) is 5.75 Å². The number of carbonyl (C=O) groups excluding carboxylic acids is 1. The summed E-state index contributed by atoms with van der Waals surface area (Å²) in [6, 6.07) is 12.3. The topological polar surface area (TPSA) is 52.9 Å². The molecule has 3 nitrogen and oxygen atoms in total. The molecule has 1 aromatic carbocycles. The molecule has 0 heterocycles. The highest BCUT2D eigenvalue weighted by Gasteiger charge is 2.42. The van der Waals surface area contributed by atoms with E-state index in [0.717, 1.165) is 18.6 Å². The highest BCUT2D eigenvalue weighted by atomic mass is 32.2. The second-order valence-electron chi connectivity index (χ2n) is 5.12. The molecule has 0 spiro atoms. The van der Waals surface area contributed by atoms with Gasteiger partial charge in [-0.1, -0.05) is 30.3 Å². The normalized spacial score (nSPS) is 17.3. The first-order valence-electron chi connectivity index (χ1n) is 6.48. The summed E-state index contributed by atoms with van der Waals surface area (Å²) >= 11 is 1.58. The van der Waals surface area contributed by atoms with Crippen LogP contribution in [-0.2, 0) is 10.5 Å². The summed E-state index contributed by atoms with van der Waals surface area (Å²) in [6.45, 7) is 1.82. The Morgan fingerprint density at radius 2 is 2.16 bits per heavy atom. The van der Waals surface area contributed by atoms with E-state index in [1.807, 2.05) is 25.1 Å². The zero-order valence-electron chi connectivity index (χ0n) is 11.1. The Bertz CT molecular complexity index is 479. The van der Waals surface area contributed by atoms with Gasteiger partial charge in [0.1, 0.15) is 5.54 Å². The van der Waals surface area contributed by atoms with Gasteiger partial charge in [0.2, 0.25) is 5.91 Å². The lowest BCUT2D eigenvalue weighted by atomic mass is 9.98. The average molecular weight is 274 g/mol. The van der Waals surface area contributed by atoms with Crippen molar-refractivity contribution >= 4 is 17.7 Å². The number of hydrogen-bond donors (Lipinski definition) is 1.